The first-order valence-corrected chi connectivity index (χ1v) is 7.15. The van der Waals surface area contributed by atoms with Crippen molar-refractivity contribution in [2.24, 2.45) is 0 Å². The summed E-state index contributed by atoms with van der Waals surface area (Å²) in [4.78, 5) is 29.3. The predicted octanol–water partition coefficient (Wildman–Crippen LogP) is 1.70. The summed E-state index contributed by atoms with van der Waals surface area (Å²) in [5, 5.41) is 3.30. The Morgan fingerprint density at radius 1 is 1.09 bits per heavy atom. The minimum atomic E-state index is -0.562. The van der Waals surface area contributed by atoms with Crippen molar-refractivity contribution in [2.45, 2.75) is 6.17 Å². The van der Waals surface area contributed by atoms with Crippen LogP contribution in [0.1, 0.15) is 22.3 Å². The number of hydrogen-bond donors (Lipinski definition) is 1. The fourth-order valence-corrected chi connectivity index (χ4v) is 2.82. The predicted molar refractivity (Wildman–Crippen MR) is 84.6 cm³/mol. The molecule has 6 nitrogen and oxygen atoms in total. The van der Waals surface area contributed by atoms with E-state index in [4.69, 9.17) is 4.74 Å². The Balaban J connectivity index is 1.93. The van der Waals surface area contributed by atoms with Gasteiger partial charge in [0.05, 0.1) is 18.0 Å². The highest BCUT2D eigenvalue weighted by Gasteiger charge is 2.32. The molecule has 0 bridgehead atoms. The van der Waals surface area contributed by atoms with Gasteiger partial charge in [-0.05, 0) is 29.8 Å². The van der Waals surface area contributed by atoms with Gasteiger partial charge in [-0.25, -0.2) is 4.98 Å². The molecule has 0 saturated carbocycles. The van der Waals surface area contributed by atoms with Crippen LogP contribution < -0.4 is 15.6 Å². The quantitative estimate of drug-likeness (QED) is 0.782. The van der Waals surface area contributed by atoms with Crippen molar-refractivity contribution in [3.05, 3.63) is 70.3 Å². The van der Waals surface area contributed by atoms with Gasteiger partial charge in [0.1, 0.15) is 11.9 Å². The molecule has 0 unspecified atom stereocenters. The van der Waals surface area contributed by atoms with Gasteiger partial charge in [-0.3, -0.25) is 14.2 Å². The van der Waals surface area contributed by atoms with Gasteiger partial charge in [-0.15, -0.1) is 0 Å². The fourth-order valence-electron chi connectivity index (χ4n) is 2.82. The molecule has 1 aromatic heterocycles. The Hall–Kier alpha value is -3.15. The third-order valence-electron chi connectivity index (χ3n) is 3.97. The number of amides is 1. The van der Waals surface area contributed by atoms with Gasteiger partial charge < -0.3 is 10.1 Å². The van der Waals surface area contributed by atoms with E-state index in [-0.39, 0.29) is 17.3 Å². The maximum absolute atomic E-state index is 12.8. The molecule has 6 heteroatoms. The van der Waals surface area contributed by atoms with Crippen LogP contribution >= 0.6 is 0 Å². The Morgan fingerprint density at radius 2 is 1.83 bits per heavy atom. The number of benzene rings is 2. The molecule has 2 aromatic carbocycles. The summed E-state index contributed by atoms with van der Waals surface area (Å²) in [6, 6.07) is 14.2. The average molecular weight is 307 g/mol. The summed E-state index contributed by atoms with van der Waals surface area (Å²) in [6.07, 6.45) is -0.562. The Kier molecular flexibility index (Phi) is 2.90. The lowest BCUT2D eigenvalue weighted by molar-refractivity contribution is 0.0956. The maximum Gasteiger partial charge on any atom is 0.289 e. The number of hydrogen-bond acceptors (Lipinski definition) is 4. The van der Waals surface area contributed by atoms with Crippen LogP contribution in [0.2, 0.25) is 0 Å². The zero-order valence-electron chi connectivity index (χ0n) is 12.3. The van der Waals surface area contributed by atoms with Crippen molar-refractivity contribution in [3.63, 3.8) is 0 Å². The molecule has 0 fully saturated rings. The molecule has 1 aliphatic heterocycles. The Morgan fingerprint density at radius 3 is 2.57 bits per heavy atom. The first-order chi connectivity index (χ1) is 11.2. The summed E-state index contributed by atoms with van der Waals surface area (Å²) < 4.78 is 6.54. The van der Waals surface area contributed by atoms with Crippen molar-refractivity contribution in [3.8, 4) is 5.75 Å². The number of rotatable bonds is 2. The highest BCUT2D eigenvalue weighted by atomic mass is 16.5. The zero-order chi connectivity index (χ0) is 16.0. The highest BCUT2D eigenvalue weighted by Crippen LogP contribution is 2.24. The number of nitrogens with zero attached hydrogens (tertiary/aromatic N) is 2. The average Bonchev–Trinajstić information content (AvgIpc) is 2.92. The van der Waals surface area contributed by atoms with Crippen molar-refractivity contribution in [2.75, 3.05) is 7.11 Å². The summed E-state index contributed by atoms with van der Waals surface area (Å²) in [5.41, 5.74) is 1.08. The van der Waals surface area contributed by atoms with E-state index in [1.54, 1.807) is 43.5 Å². The third kappa shape index (κ3) is 1.99. The summed E-state index contributed by atoms with van der Waals surface area (Å²) in [6.45, 7) is 0. The van der Waals surface area contributed by atoms with E-state index < -0.39 is 6.17 Å². The van der Waals surface area contributed by atoms with Gasteiger partial charge in [0.2, 0.25) is 5.82 Å². The SMILES string of the molecule is COc1ccc([C@H]2NC(=O)c3nc4ccccc4c(=O)n32)cc1. The molecule has 0 aliphatic carbocycles. The number of aromatic nitrogens is 2. The van der Waals surface area contributed by atoms with Gasteiger partial charge in [0.15, 0.2) is 0 Å². The largest absolute Gasteiger partial charge is 0.497 e. The van der Waals surface area contributed by atoms with E-state index in [2.05, 4.69) is 10.3 Å². The van der Waals surface area contributed by atoms with Gasteiger partial charge in [-0.2, -0.15) is 0 Å². The normalized spacial score (nSPS) is 16.2. The molecule has 2 heterocycles. The Labute approximate surface area is 131 Å². The molecule has 23 heavy (non-hydrogen) atoms. The minimum absolute atomic E-state index is 0.134. The van der Waals surface area contributed by atoms with Crippen LogP contribution in [0.3, 0.4) is 0 Å². The van der Waals surface area contributed by atoms with Crippen LogP contribution in [0.15, 0.2) is 53.3 Å². The smallest absolute Gasteiger partial charge is 0.289 e. The molecule has 0 spiro atoms. The lowest BCUT2D eigenvalue weighted by Gasteiger charge is -2.14. The molecular formula is C17H13N3O3. The highest BCUT2D eigenvalue weighted by molar-refractivity contribution is 5.95. The second-order valence-corrected chi connectivity index (χ2v) is 5.28. The van der Waals surface area contributed by atoms with Crippen molar-refractivity contribution >= 4 is 16.8 Å². The van der Waals surface area contributed by atoms with Gasteiger partial charge in [-0.1, -0.05) is 24.3 Å². The van der Waals surface area contributed by atoms with E-state index in [1.807, 2.05) is 12.1 Å². The Bertz CT molecular complexity index is 977. The number of fused-ring (bicyclic) bond motifs is 2. The summed E-state index contributed by atoms with van der Waals surface area (Å²) >= 11 is 0. The summed E-state index contributed by atoms with van der Waals surface area (Å²) in [5.74, 6) is 0.491. The second kappa shape index (κ2) is 4.95. The number of para-hydroxylation sites is 1. The number of carbonyl (C=O) groups is 1. The number of ether oxygens (including phenoxy) is 1. The molecule has 114 valence electrons. The molecule has 0 radical (unpaired) electrons. The lowest BCUT2D eigenvalue weighted by atomic mass is 10.1. The summed E-state index contributed by atoms with van der Waals surface area (Å²) in [7, 11) is 1.59. The molecule has 3 aromatic rings. The van der Waals surface area contributed by atoms with Crippen LogP contribution in [0, 0.1) is 0 Å². The fraction of sp³-hybridized carbons (Fsp3) is 0.118. The monoisotopic (exact) mass is 307 g/mol. The van der Waals surface area contributed by atoms with Gasteiger partial charge in [0.25, 0.3) is 11.5 Å². The molecule has 4 rings (SSSR count). The number of nitrogens with one attached hydrogen (secondary N) is 1. The first-order valence-electron chi connectivity index (χ1n) is 7.15. The van der Waals surface area contributed by atoms with Crippen molar-refractivity contribution in [1.82, 2.24) is 14.9 Å². The van der Waals surface area contributed by atoms with E-state index in [0.717, 1.165) is 5.56 Å². The molecule has 0 saturated heterocycles. The van der Waals surface area contributed by atoms with Crippen LogP contribution in [0.25, 0.3) is 10.9 Å². The first kappa shape index (κ1) is 13.5. The molecule has 1 amide bonds. The van der Waals surface area contributed by atoms with Crippen LogP contribution in [0.5, 0.6) is 5.75 Å². The lowest BCUT2D eigenvalue weighted by Crippen LogP contribution is -2.28. The van der Waals surface area contributed by atoms with E-state index in [1.165, 1.54) is 4.57 Å². The molecule has 1 N–H and O–H groups in total. The van der Waals surface area contributed by atoms with Crippen molar-refractivity contribution < 1.29 is 9.53 Å². The molecular weight excluding hydrogens is 294 g/mol. The maximum atomic E-state index is 12.8. The third-order valence-corrected chi connectivity index (χ3v) is 3.97. The molecule has 1 atom stereocenters. The van der Waals surface area contributed by atoms with Crippen LogP contribution in [0.4, 0.5) is 0 Å². The second-order valence-electron chi connectivity index (χ2n) is 5.28. The van der Waals surface area contributed by atoms with E-state index >= 15 is 0 Å². The van der Waals surface area contributed by atoms with Crippen molar-refractivity contribution in [1.29, 1.82) is 0 Å². The zero-order valence-corrected chi connectivity index (χ0v) is 12.3. The van der Waals surface area contributed by atoms with E-state index in [9.17, 15) is 9.59 Å². The van der Waals surface area contributed by atoms with E-state index in [0.29, 0.717) is 16.7 Å². The molecule has 1 aliphatic rings. The van der Waals surface area contributed by atoms with Gasteiger partial charge >= 0.3 is 0 Å². The topological polar surface area (TPSA) is 73.2 Å². The van der Waals surface area contributed by atoms with Crippen LogP contribution in [-0.4, -0.2) is 22.6 Å². The van der Waals surface area contributed by atoms with Crippen LogP contribution in [-0.2, 0) is 0 Å². The van der Waals surface area contributed by atoms with Gasteiger partial charge in [0, 0.05) is 0 Å². The number of methoxy groups -OCH3 is 1. The standard InChI is InChI=1S/C17H13N3O3/c1-23-11-8-6-10(7-9-11)14-19-16(21)15-18-13-5-3-2-4-12(13)17(22)20(14)15/h2-9,14H,1H3,(H,19,21)/t14-/m0/s1. The minimum Gasteiger partial charge on any atom is -0.497 e. The number of carbonyl (C=O) groups excluding carboxylic acids is 1.